The molecule has 0 amide bonds. The lowest BCUT2D eigenvalue weighted by molar-refractivity contribution is -0.193. The molecule has 1 aliphatic rings. The smallest absolute Gasteiger partial charge is 0.475 e. The fraction of sp³-hybridized carbons (Fsp3) is 0.526. The highest BCUT2D eigenvalue weighted by molar-refractivity contribution is 7.09. The Hall–Kier alpha value is -2.65. The highest BCUT2D eigenvalue weighted by Gasteiger charge is 2.38. The lowest BCUT2D eigenvalue weighted by Crippen LogP contribution is -2.26. The van der Waals surface area contributed by atoms with Crippen LogP contribution in [0.15, 0.2) is 23.7 Å². The number of imidazole rings is 1. The second kappa shape index (κ2) is 12.7. The molecule has 0 saturated heterocycles. The van der Waals surface area contributed by atoms with Crippen molar-refractivity contribution in [2.45, 2.75) is 38.4 Å². The van der Waals surface area contributed by atoms with E-state index in [2.05, 4.69) is 51.0 Å². The highest BCUT2D eigenvalue weighted by atomic mass is 32.1. The molecule has 0 bridgehead atoms. The summed E-state index contributed by atoms with van der Waals surface area (Å²) in [5.74, 6) is -4.27. The van der Waals surface area contributed by atoms with Crippen LogP contribution in [-0.2, 0) is 35.6 Å². The first-order valence-electron chi connectivity index (χ1n) is 9.64. The van der Waals surface area contributed by atoms with E-state index in [9.17, 15) is 26.3 Å². The summed E-state index contributed by atoms with van der Waals surface area (Å²) in [7, 11) is 4.22. The van der Waals surface area contributed by atoms with Crippen molar-refractivity contribution in [2.24, 2.45) is 0 Å². The number of rotatable bonds is 4. The van der Waals surface area contributed by atoms with Gasteiger partial charge in [-0.05, 0) is 25.5 Å². The van der Waals surface area contributed by atoms with Gasteiger partial charge in [0.15, 0.2) is 0 Å². The van der Waals surface area contributed by atoms with Crippen LogP contribution in [0.25, 0.3) is 0 Å². The number of alkyl halides is 6. The number of carbonyl (C=O) groups is 2. The van der Waals surface area contributed by atoms with Crippen molar-refractivity contribution in [3.05, 3.63) is 40.1 Å². The Bertz CT molecular complexity index is 889. The highest BCUT2D eigenvalue weighted by Crippen LogP contribution is 2.17. The first kappa shape index (κ1) is 29.4. The van der Waals surface area contributed by atoms with Crippen molar-refractivity contribution >= 4 is 23.3 Å². The Balaban J connectivity index is 0.000000343. The predicted molar refractivity (Wildman–Crippen MR) is 110 cm³/mol. The van der Waals surface area contributed by atoms with E-state index in [1.165, 1.54) is 16.4 Å². The standard InChI is InChI=1S/C15H22N4S.2C2HF3O2/c1-17(2)11-13-10-16-15-5-6-18(7-8-19(13)15)12-14-4-3-9-20-14;2*3-2(4,5)1(6)7/h3-4,9-10H,5-8,11-12H2,1-2H3;2*(H,6,7). The normalized spacial score (nSPS) is 14.3. The minimum Gasteiger partial charge on any atom is -0.475 e. The second-order valence-electron chi connectivity index (χ2n) is 7.27. The molecule has 0 aromatic carbocycles. The number of halogens is 6. The zero-order valence-electron chi connectivity index (χ0n) is 18.2. The summed E-state index contributed by atoms with van der Waals surface area (Å²) in [6, 6.07) is 4.36. The van der Waals surface area contributed by atoms with Gasteiger partial charge in [-0.3, -0.25) is 4.90 Å². The third-order valence-corrected chi connectivity index (χ3v) is 5.10. The van der Waals surface area contributed by atoms with Crippen LogP contribution in [0.3, 0.4) is 0 Å². The van der Waals surface area contributed by atoms with Crippen molar-refractivity contribution in [1.82, 2.24) is 19.4 Å². The molecule has 192 valence electrons. The first-order chi connectivity index (χ1) is 15.6. The molecular weight excluding hydrogens is 494 g/mol. The van der Waals surface area contributed by atoms with Crippen molar-refractivity contribution < 1.29 is 46.1 Å². The van der Waals surface area contributed by atoms with E-state index in [0.717, 1.165) is 39.1 Å². The summed E-state index contributed by atoms with van der Waals surface area (Å²) in [6.45, 7) is 5.32. The van der Waals surface area contributed by atoms with Crippen molar-refractivity contribution in [1.29, 1.82) is 0 Å². The maximum absolute atomic E-state index is 10.6. The van der Waals surface area contributed by atoms with E-state index in [1.807, 2.05) is 17.5 Å². The Morgan fingerprint density at radius 3 is 2.06 bits per heavy atom. The monoisotopic (exact) mass is 518 g/mol. The molecule has 0 radical (unpaired) electrons. The number of hydrogen-bond acceptors (Lipinski definition) is 6. The minimum absolute atomic E-state index is 0.970. The van der Waals surface area contributed by atoms with Gasteiger partial charge in [-0.15, -0.1) is 11.3 Å². The quantitative estimate of drug-likeness (QED) is 0.600. The van der Waals surface area contributed by atoms with Crippen LogP contribution in [0.1, 0.15) is 16.4 Å². The van der Waals surface area contributed by atoms with E-state index in [0.29, 0.717) is 0 Å². The summed E-state index contributed by atoms with van der Waals surface area (Å²) in [5.41, 5.74) is 1.34. The van der Waals surface area contributed by atoms with Gasteiger partial charge in [0.05, 0.1) is 5.69 Å². The molecule has 0 aliphatic carbocycles. The number of thiophene rings is 1. The van der Waals surface area contributed by atoms with Gasteiger partial charge in [0.2, 0.25) is 0 Å². The third-order valence-electron chi connectivity index (χ3n) is 4.24. The predicted octanol–water partition coefficient (Wildman–Crippen LogP) is 3.33. The van der Waals surface area contributed by atoms with Gasteiger partial charge in [-0.2, -0.15) is 26.3 Å². The number of aromatic nitrogens is 2. The number of hydrogen-bond donors (Lipinski definition) is 2. The van der Waals surface area contributed by atoms with Gasteiger partial charge in [0.25, 0.3) is 0 Å². The zero-order chi connectivity index (χ0) is 26.1. The van der Waals surface area contributed by atoms with Gasteiger partial charge in [0, 0.05) is 50.2 Å². The molecule has 0 fully saturated rings. The number of carboxylic acid groups (broad SMARTS) is 2. The van der Waals surface area contributed by atoms with Crippen LogP contribution in [0.2, 0.25) is 0 Å². The van der Waals surface area contributed by atoms with E-state index >= 15 is 0 Å². The molecule has 0 spiro atoms. The summed E-state index contributed by atoms with van der Waals surface area (Å²) in [4.78, 5) is 28.6. The van der Waals surface area contributed by atoms with Crippen LogP contribution in [0.4, 0.5) is 26.3 Å². The third kappa shape index (κ3) is 10.5. The molecule has 2 aromatic heterocycles. The molecular formula is C19H24F6N4O4S. The van der Waals surface area contributed by atoms with Gasteiger partial charge >= 0.3 is 24.3 Å². The molecule has 15 heteroatoms. The molecule has 3 rings (SSSR count). The average Bonchev–Trinajstić information content (AvgIpc) is 3.28. The number of nitrogens with zero attached hydrogens (tertiary/aromatic N) is 4. The maximum atomic E-state index is 10.6. The largest absolute Gasteiger partial charge is 0.490 e. The molecule has 34 heavy (non-hydrogen) atoms. The molecule has 0 atom stereocenters. The van der Waals surface area contributed by atoms with E-state index < -0.39 is 24.3 Å². The van der Waals surface area contributed by atoms with Gasteiger partial charge in [0.1, 0.15) is 5.82 Å². The molecule has 2 aromatic rings. The topological polar surface area (TPSA) is 98.9 Å². The van der Waals surface area contributed by atoms with Crippen molar-refractivity contribution in [3.63, 3.8) is 0 Å². The summed E-state index contributed by atoms with van der Waals surface area (Å²) >= 11 is 1.85. The van der Waals surface area contributed by atoms with Gasteiger partial charge in [-0.25, -0.2) is 14.6 Å². The lowest BCUT2D eigenvalue weighted by Gasteiger charge is -2.19. The van der Waals surface area contributed by atoms with E-state index in [1.54, 1.807) is 0 Å². The average molecular weight is 518 g/mol. The number of fused-ring (bicyclic) bond motifs is 1. The zero-order valence-corrected chi connectivity index (χ0v) is 19.0. The van der Waals surface area contributed by atoms with Crippen molar-refractivity contribution in [3.8, 4) is 0 Å². The van der Waals surface area contributed by atoms with Crippen LogP contribution in [0.5, 0.6) is 0 Å². The van der Waals surface area contributed by atoms with Crippen LogP contribution < -0.4 is 0 Å². The Morgan fingerprint density at radius 2 is 1.62 bits per heavy atom. The summed E-state index contributed by atoms with van der Waals surface area (Å²) in [5, 5.41) is 16.4. The van der Waals surface area contributed by atoms with Gasteiger partial charge in [-0.1, -0.05) is 6.07 Å². The van der Waals surface area contributed by atoms with Crippen molar-refractivity contribution in [2.75, 3.05) is 27.2 Å². The molecule has 8 nitrogen and oxygen atoms in total. The SMILES string of the molecule is CN(C)Cc1cnc2n1CCN(Cc1cccs1)CC2.O=C(O)C(F)(F)F.O=C(O)C(F)(F)F. The fourth-order valence-electron chi connectivity index (χ4n) is 2.77. The molecule has 3 heterocycles. The Labute approximate surface area is 195 Å². The fourth-order valence-corrected chi connectivity index (χ4v) is 3.52. The van der Waals surface area contributed by atoms with E-state index in [4.69, 9.17) is 19.8 Å². The lowest BCUT2D eigenvalue weighted by atomic mass is 10.3. The number of carboxylic acids is 2. The Kier molecular flexibility index (Phi) is 11.0. The van der Waals surface area contributed by atoms with E-state index in [-0.39, 0.29) is 0 Å². The molecule has 0 saturated carbocycles. The van der Waals surface area contributed by atoms with Crippen LogP contribution >= 0.6 is 11.3 Å². The minimum atomic E-state index is -5.08. The van der Waals surface area contributed by atoms with Crippen LogP contribution in [-0.4, -0.2) is 81.0 Å². The summed E-state index contributed by atoms with van der Waals surface area (Å²) in [6.07, 6.45) is -7.07. The first-order valence-corrected chi connectivity index (χ1v) is 10.5. The molecule has 1 aliphatic heterocycles. The van der Waals surface area contributed by atoms with Gasteiger partial charge < -0.3 is 19.7 Å². The molecule has 2 N–H and O–H groups in total. The Morgan fingerprint density at radius 1 is 1.06 bits per heavy atom. The van der Waals surface area contributed by atoms with Crippen LogP contribution in [0, 0.1) is 0 Å². The summed E-state index contributed by atoms with van der Waals surface area (Å²) < 4.78 is 65.9. The second-order valence-corrected chi connectivity index (χ2v) is 8.30. The maximum Gasteiger partial charge on any atom is 0.490 e. The number of aliphatic carboxylic acids is 2. The molecule has 0 unspecified atom stereocenters.